The predicted octanol–water partition coefficient (Wildman–Crippen LogP) is 2.61. The van der Waals surface area contributed by atoms with Crippen molar-refractivity contribution in [3.8, 4) is 11.5 Å². The average Bonchev–Trinajstić information content (AvgIpc) is 2.48. The minimum Gasteiger partial charge on any atom is -0.490 e. The molecule has 0 amide bonds. The minimum atomic E-state index is 0.0997. The van der Waals surface area contributed by atoms with E-state index < -0.39 is 0 Å². The number of ether oxygens (including phenoxy) is 2. The largest absolute Gasteiger partial charge is 0.490 e. The zero-order valence-electron chi connectivity index (χ0n) is 11.3. The number of aliphatic hydroxyl groups excluding tert-OH is 1. The fourth-order valence-corrected chi connectivity index (χ4v) is 1.74. The number of benzene rings is 2. The molecule has 0 aliphatic rings. The van der Waals surface area contributed by atoms with Crippen molar-refractivity contribution in [2.24, 2.45) is 0 Å². The van der Waals surface area contributed by atoms with Gasteiger partial charge in [-0.3, -0.25) is 0 Å². The summed E-state index contributed by atoms with van der Waals surface area (Å²) in [4.78, 5) is 0. The van der Waals surface area contributed by atoms with E-state index in [0.29, 0.717) is 36.8 Å². The van der Waals surface area contributed by atoms with E-state index in [4.69, 9.17) is 20.3 Å². The van der Waals surface area contributed by atoms with Gasteiger partial charge in [-0.1, -0.05) is 30.3 Å². The molecular weight excluding hydrogens is 254 g/mol. The van der Waals surface area contributed by atoms with Crippen LogP contribution in [0.1, 0.15) is 12.0 Å². The van der Waals surface area contributed by atoms with Gasteiger partial charge in [0.2, 0.25) is 0 Å². The van der Waals surface area contributed by atoms with Crippen molar-refractivity contribution in [1.29, 1.82) is 0 Å². The lowest BCUT2D eigenvalue weighted by atomic mass is 10.2. The third kappa shape index (κ3) is 4.17. The molecule has 20 heavy (non-hydrogen) atoms. The SMILES string of the molecule is Nc1ccc(OCc2ccccc2)c(OCCCO)c1. The number of anilines is 1. The van der Waals surface area contributed by atoms with E-state index in [1.165, 1.54) is 0 Å². The minimum absolute atomic E-state index is 0.0997. The highest BCUT2D eigenvalue weighted by Gasteiger charge is 2.06. The summed E-state index contributed by atoms with van der Waals surface area (Å²) >= 11 is 0. The van der Waals surface area contributed by atoms with Gasteiger partial charge >= 0.3 is 0 Å². The van der Waals surface area contributed by atoms with Crippen LogP contribution < -0.4 is 15.2 Å². The second kappa shape index (κ2) is 7.40. The first-order valence-electron chi connectivity index (χ1n) is 6.59. The topological polar surface area (TPSA) is 64.7 Å². The lowest BCUT2D eigenvalue weighted by molar-refractivity contribution is 0.221. The molecule has 4 nitrogen and oxygen atoms in total. The number of nitrogens with two attached hydrogens (primary N) is 1. The molecule has 0 aliphatic carbocycles. The smallest absolute Gasteiger partial charge is 0.163 e. The van der Waals surface area contributed by atoms with Gasteiger partial charge in [-0.05, 0) is 17.7 Å². The van der Waals surface area contributed by atoms with Gasteiger partial charge in [-0.25, -0.2) is 0 Å². The molecule has 0 heterocycles. The Balaban J connectivity index is 2.02. The molecule has 2 rings (SSSR count). The Hall–Kier alpha value is -2.20. The molecule has 0 saturated carbocycles. The third-order valence-electron chi connectivity index (χ3n) is 2.76. The summed E-state index contributed by atoms with van der Waals surface area (Å²) in [6.45, 7) is 1.01. The monoisotopic (exact) mass is 273 g/mol. The second-order valence-corrected chi connectivity index (χ2v) is 4.41. The van der Waals surface area contributed by atoms with Crippen molar-refractivity contribution in [2.45, 2.75) is 13.0 Å². The van der Waals surface area contributed by atoms with Gasteiger partial charge in [0, 0.05) is 24.8 Å². The molecule has 0 spiro atoms. The Labute approximate surface area is 118 Å². The maximum absolute atomic E-state index is 8.78. The number of aliphatic hydroxyl groups is 1. The van der Waals surface area contributed by atoms with Crippen molar-refractivity contribution >= 4 is 5.69 Å². The quantitative estimate of drug-likeness (QED) is 0.601. The molecule has 2 aromatic rings. The van der Waals surface area contributed by atoms with Crippen molar-refractivity contribution in [3.05, 3.63) is 54.1 Å². The molecular formula is C16H19NO3. The summed E-state index contributed by atoms with van der Waals surface area (Å²) in [5.41, 5.74) is 7.46. The first-order chi connectivity index (χ1) is 9.79. The zero-order valence-corrected chi connectivity index (χ0v) is 11.3. The Kier molecular flexibility index (Phi) is 5.26. The Bertz CT molecular complexity index is 529. The van der Waals surface area contributed by atoms with E-state index in [2.05, 4.69) is 0 Å². The van der Waals surface area contributed by atoms with E-state index in [-0.39, 0.29) is 6.61 Å². The lowest BCUT2D eigenvalue weighted by Crippen LogP contribution is -2.03. The van der Waals surface area contributed by atoms with Crippen molar-refractivity contribution in [1.82, 2.24) is 0 Å². The molecule has 0 radical (unpaired) electrons. The fraction of sp³-hybridized carbons (Fsp3) is 0.250. The standard InChI is InChI=1S/C16H19NO3/c17-14-7-8-15(16(11-14)19-10-4-9-18)20-12-13-5-2-1-3-6-13/h1-3,5-8,11,18H,4,9-10,12,17H2. The number of nitrogen functional groups attached to an aromatic ring is 1. The molecule has 0 saturated heterocycles. The average molecular weight is 273 g/mol. The molecule has 0 unspecified atom stereocenters. The summed E-state index contributed by atoms with van der Waals surface area (Å²) in [5.74, 6) is 1.26. The first kappa shape index (κ1) is 14.2. The Morgan fingerprint density at radius 2 is 1.75 bits per heavy atom. The van der Waals surface area contributed by atoms with Crippen molar-refractivity contribution in [2.75, 3.05) is 18.9 Å². The highest BCUT2D eigenvalue weighted by molar-refractivity contribution is 5.52. The van der Waals surface area contributed by atoms with Crippen LogP contribution in [0.25, 0.3) is 0 Å². The lowest BCUT2D eigenvalue weighted by Gasteiger charge is -2.13. The van der Waals surface area contributed by atoms with Crippen LogP contribution in [-0.2, 0) is 6.61 Å². The highest BCUT2D eigenvalue weighted by atomic mass is 16.5. The summed E-state index contributed by atoms with van der Waals surface area (Å²) in [7, 11) is 0. The van der Waals surface area contributed by atoms with Gasteiger partial charge in [0.1, 0.15) is 6.61 Å². The summed E-state index contributed by atoms with van der Waals surface area (Å²) in [6.07, 6.45) is 0.576. The third-order valence-corrected chi connectivity index (χ3v) is 2.76. The van der Waals surface area contributed by atoms with Crippen LogP contribution in [0, 0.1) is 0 Å². The van der Waals surface area contributed by atoms with E-state index in [1.807, 2.05) is 30.3 Å². The van der Waals surface area contributed by atoms with Crippen molar-refractivity contribution < 1.29 is 14.6 Å². The molecule has 0 fully saturated rings. The van der Waals surface area contributed by atoms with Gasteiger partial charge in [-0.15, -0.1) is 0 Å². The Morgan fingerprint density at radius 3 is 2.50 bits per heavy atom. The second-order valence-electron chi connectivity index (χ2n) is 4.41. The van der Waals surface area contributed by atoms with Crippen LogP contribution in [0.2, 0.25) is 0 Å². The predicted molar refractivity (Wildman–Crippen MR) is 78.8 cm³/mol. The van der Waals surface area contributed by atoms with Gasteiger partial charge in [0.25, 0.3) is 0 Å². The van der Waals surface area contributed by atoms with Gasteiger partial charge in [-0.2, -0.15) is 0 Å². The van der Waals surface area contributed by atoms with E-state index in [9.17, 15) is 0 Å². The van der Waals surface area contributed by atoms with Crippen LogP contribution in [0.4, 0.5) is 5.69 Å². The molecule has 0 aliphatic heterocycles. The summed E-state index contributed by atoms with van der Waals surface area (Å²) in [5, 5.41) is 8.78. The molecule has 4 heteroatoms. The maximum atomic E-state index is 8.78. The van der Waals surface area contributed by atoms with Gasteiger partial charge in [0.15, 0.2) is 11.5 Å². The van der Waals surface area contributed by atoms with Crippen molar-refractivity contribution in [3.63, 3.8) is 0 Å². The molecule has 2 aromatic carbocycles. The molecule has 0 atom stereocenters. The zero-order chi connectivity index (χ0) is 14.2. The highest BCUT2D eigenvalue weighted by Crippen LogP contribution is 2.30. The van der Waals surface area contributed by atoms with Gasteiger partial charge < -0.3 is 20.3 Å². The maximum Gasteiger partial charge on any atom is 0.163 e. The molecule has 0 bridgehead atoms. The van der Waals surface area contributed by atoms with Crippen LogP contribution in [0.15, 0.2) is 48.5 Å². The Morgan fingerprint density at radius 1 is 0.950 bits per heavy atom. The fourth-order valence-electron chi connectivity index (χ4n) is 1.74. The number of hydrogen-bond donors (Lipinski definition) is 2. The number of hydrogen-bond acceptors (Lipinski definition) is 4. The number of rotatable bonds is 7. The molecule has 106 valence electrons. The summed E-state index contributed by atoms with van der Waals surface area (Å²) < 4.78 is 11.3. The molecule has 0 aromatic heterocycles. The van der Waals surface area contributed by atoms with Crippen LogP contribution >= 0.6 is 0 Å². The summed E-state index contributed by atoms with van der Waals surface area (Å²) in [6, 6.07) is 15.2. The molecule has 3 N–H and O–H groups in total. The van der Waals surface area contributed by atoms with Crippen LogP contribution in [0.3, 0.4) is 0 Å². The first-order valence-corrected chi connectivity index (χ1v) is 6.59. The van der Waals surface area contributed by atoms with Crippen LogP contribution in [-0.4, -0.2) is 18.3 Å². The van der Waals surface area contributed by atoms with E-state index in [1.54, 1.807) is 18.2 Å². The normalized spacial score (nSPS) is 10.2. The van der Waals surface area contributed by atoms with Gasteiger partial charge in [0.05, 0.1) is 6.61 Å². The van der Waals surface area contributed by atoms with E-state index in [0.717, 1.165) is 5.56 Å². The van der Waals surface area contributed by atoms with E-state index >= 15 is 0 Å². The van der Waals surface area contributed by atoms with Crippen LogP contribution in [0.5, 0.6) is 11.5 Å².